The Kier molecular flexibility index (Phi) is 5.57. The van der Waals surface area contributed by atoms with Gasteiger partial charge in [-0.2, -0.15) is 10.4 Å². The first-order valence-corrected chi connectivity index (χ1v) is 13.0. The molecule has 3 atom stereocenters. The van der Waals surface area contributed by atoms with Crippen molar-refractivity contribution in [2.75, 3.05) is 11.4 Å². The third-order valence-electron chi connectivity index (χ3n) is 7.90. The number of pyridine rings is 1. The van der Waals surface area contributed by atoms with Gasteiger partial charge < -0.3 is 9.80 Å². The van der Waals surface area contributed by atoms with Gasteiger partial charge in [0.05, 0.1) is 36.2 Å². The van der Waals surface area contributed by atoms with E-state index in [1.807, 2.05) is 42.5 Å². The van der Waals surface area contributed by atoms with E-state index in [0.717, 1.165) is 16.2 Å². The number of carbonyl (C=O) groups is 3. The molecule has 1 aromatic carbocycles. The van der Waals surface area contributed by atoms with Crippen LogP contribution in [0.5, 0.6) is 0 Å². The van der Waals surface area contributed by atoms with Crippen LogP contribution in [0.1, 0.15) is 60.2 Å². The van der Waals surface area contributed by atoms with Crippen molar-refractivity contribution in [3.8, 4) is 6.07 Å². The van der Waals surface area contributed by atoms with Crippen LogP contribution in [0, 0.1) is 18.3 Å². The number of fused-ring (bicyclic) bond motifs is 5. The van der Waals surface area contributed by atoms with Crippen LogP contribution in [0.25, 0.3) is 0 Å². The molecule has 2 bridgehead atoms. The highest BCUT2D eigenvalue weighted by molar-refractivity contribution is 6.22. The van der Waals surface area contributed by atoms with Crippen molar-refractivity contribution in [1.29, 1.82) is 5.26 Å². The van der Waals surface area contributed by atoms with Gasteiger partial charge in [-0.05, 0) is 36.6 Å². The van der Waals surface area contributed by atoms with Crippen LogP contribution in [0.4, 0.5) is 10.5 Å². The highest BCUT2D eigenvalue weighted by atomic mass is 16.2. The summed E-state index contributed by atoms with van der Waals surface area (Å²) < 4.78 is 1.75. The molecule has 3 fully saturated rings. The minimum absolute atomic E-state index is 0.185. The molecule has 0 radical (unpaired) electrons. The van der Waals surface area contributed by atoms with Gasteiger partial charge in [-0.15, -0.1) is 0 Å². The normalized spacial score (nSPS) is 22.0. The lowest BCUT2D eigenvalue weighted by atomic mass is 9.92. The topological polar surface area (TPSA) is 115 Å². The quantitative estimate of drug-likeness (QED) is 0.485. The molecular formula is C29H29N7O3. The molecule has 2 unspecified atom stereocenters. The summed E-state index contributed by atoms with van der Waals surface area (Å²) in [7, 11) is 0. The number of benzene rings is 1. The van der Waals surface area contributed by atoms with Crippen molar-refractivity contribution in [3.05, 3.63) is 76.9 Å². The first-order chi connectivity index (χ1) is 18.6. The number of amides is 4. The van der Waals surface area contributed by atoms with Gasteiger partial charge in [0, 0.05) is 12.0 Å². The van der Waals surface area contributed by atoms with E-state index in [0.29, 0.717) is 36.5 Å². The second-order valence-corrected chi connectivity index (χ2v) is 11.5. The SMILES string of the molecule is Cc1cc(N2C(=O)[C@H]3C4CC(CN4C(=O)c4cc(C(C)(C)C)nn4Cc4ccccc4)N3C2=O)cnc1C#N. The maximum absolute atomic E-state index is 14.0. The van der Waals surface area contributed by atoms with Gasteiger partial charge in [-0.1, -0.05) is 51.1 Å². The van der Waals surface area contributed by atoms with Crippen molar-refractivity contribution in [1.82, 2.24) is 24.6 Å². The predicted molar refractivity (Wildman–Crippen MR) is 142 cm³/mol. The van der Waals surface area contributed by atoms with Crippen LogP contribution >= 0.6 is 0 Å². The predicted octanol–water partition coefficient (Wildman–Crippen LogP) is 3.24. The third kappa shape index (κ3) is 3.88. The van der Waals surface area contributed by atoms with E-state index >= 15 is 0 Å². The highest BCUT2D eigenvalue weighted by Gasteiger charge is 2.63. The minimum atomic E-state index is -0.747. The number of nitriles is 1. The number of nitrogens with zero attached hydrogens (tertiary/aromatic N) is 7. The Hall–Kier alpha value is -4.52. The fraction of sp³-hybridized carbons (Fsp3) is 0.379. The van der Waals surface area contributed by atoms with E-state index in [2.05, 4.69) is 25.8 Å². The zero-order valence-electron chi connectivity index (χ0n) is 22.3. The van der Waals surface area contributed by atoms with E-state index < -0.39 is 18.1 Å². The number of piperazine rings is 1. The Morgan fingerprint density at radius 2 is 1.90 bits per heavy atom. The molecule has 6 rings (SSSR count). The van der Waals surface area contributed by atoms with Gasteiger partial charge in [0.1, 0.15) is 23.5 Å². The second-order valence-electron chi connectivity index (χ2n) is 11.5. The molecule has 3 aliphatic heterocycles. The standard InChI is InChI=1S/C29H29N7O3/c1-17-10-19(14-31-21(17)13-30)36-27(38)25-22-11-20(35(25)28(36)39)16-33(22)26(37)23-12-24(29(2,3)4)32-34(23)15-18-8-6-5-7-9-18/h5-10,12,14,20,22,25H,11,15-16H2,1-4H3/t20?,22?,25-/m1/s1. The van der Waals surface area contributed by atoms with Gasteiger partial charge in [0.15, 0.2) is 0 Å². The number of likely N-dealkylation sites (tertiary alicyclic amines) is 1. The Bertz CT molecular complexity index is 1550. The molecule has 2 aromatic heterocycles. The van der Waals surface area contributed by atoms with Crippen LogP contribution in [-0.4, -0.2) is 67.1 Å². The summed E-state index contributed by atoms with van der Waals surface area (Å²) in [5.74, 6) is -0.556. The zero-order chi connectivity index (χ0) is 27.6. The van der Waals surface area contributed by atoms with Crippen LogP contribution < -0.4 is 4.90 Å². The van der Waals surface area contributed by atoms with Crippen molar-refractivity contribution in [2.45, 2.75) is 64.2 Å². The number of aryl methyl sites for hydroxylation is 1. The molecule has 3 saturated heterocycles. The average Bonchev–Trinajstić information content (AvgIpc) is 3.66. The molecule has 3 aromatic rings. The highest BCUT2D eigenvalue weighted by Crippen LogP contribution is 2.43. The lowest BCUT2D eigenvalue weighted by molar-refractivity contribution is -0.121. The smallest absolute Gasteiger partial charge is 0.330 e. The Morgan fingerprint density at radius 3 is 2.56 bits per heavy atom. The van der Waals surface area contributed by atoms with Gasteiger partial charge >= 0.3 is 6.03 Å². The van der Waals surface area contributed by atoms with Gasteiger partial charge in [0.2, 0.25) is 0 Å². The molecule has 39 heavy (non-hydrogen) atoms. The first kappa shape index (κ1) is 24.8. The van der Waals surface area contributed by atoms with E-state index in [-0.39, 0.29) is 29.0 Å². The number of aromatic nitrogens is 3. The number of hydrogen-bond donors (Lipinski definition) is 0. The summed E-state index contributed by atoms with van der Waals surface area (Å²) >= 11 is 0. The molecule has 0 saturated carbocycles. The van der Waals surface area contributed by atoms with Crippen LogP contribution in [0.3, 0.4) is 0 Å². The maximum Gasteiger partial charge on any atom is 0.332 e. The first-order valence-electron chi connectivity index (χ1n) is 13.0. The van der Waals surface area contributed by atoms with E-state index in [4.69, 9.17) is 5.10 Å². The van der Waals surface area contributed by atoms with Crippen LogP contribution in [0.15, 0.2) is 48.7 Å². The lowest BCUT2D eigenvalue weighted by Crippen LogP contribution is -2.55. The molecule has 0 aliphatic carbocycles. The van der Waals surface area contributed by atoms with E-state index in [1.54, 1.807) is 27.5 Å². The summed E-state index contributed by atoms with van der Waals surface area (Å²) in [5, 5.41) is 14.0. The number of carbonyl (C=O) groups excluding carboxylic acids is 3. The zero-order valence-corrected chi connectivity index (χ0v) is 22.3. The summed E-state index contributed by atoms with van der Waals surface area (Å²) in [4.78, 5) is 49.6. The molecule has 4 amide bonds. The van der Waals surface area contributed by atoms with Crippen molar-refractivity contribution in [3.63, 3.8) is 0 Å². The van der Waals surface area contributed by atoms with Crippen molar-refractivity contribution in [2.24, 2.45) is 0 Å². The molecular weight excluding hydrogens is 494 g/mol. The Labute approximate surface area is 226 Å². The average molecular weight is 524 g/mol. The fourth-order valence-electron chi connectivity index (χ4n) is 5.91. The molecule has 198 valence electrons. The summed E-state index contributed by atoms with van der Waals surface area (Å²) in [6, 6.07) is 13.5. The Balaban J connectivity index is 1.30. The minimum Gasteiger partial charge on any atom is -0.330 e. The second kappa shape index (κ2) is 8.76. The van der Waals surface area contributed by atoms with Gasteiger partial charge in [-0.3, -0.25) is 14.3 Å². The number of anilines is 1. The summed E-state index contributed by atoms with van der Waals surface area (Å²) in [5.41, 5.74) is 3.24. The lowest BCUT2D eigenvalue weighted by Gasteiger charge is -2.34. The van der Waals surface area contributed by atoms with E-state index in [9.17, 15) is 19.6 Å². The molecule has 0 spiro atoms. The molecule has 3 aliphatic rings. The van der Waals surface area contributed by atoms with Crippen molar-refractivity contribution >= 4 is 23.5 Å². The fourth-order valence-corrected chi connectivity index (χ4v) is 5.91. The largest absolute Gasteiger partial charge is 0.332 e. The molecule has 10 heteroatoms. The van der Waals surface area contributed by atoms with E-state index in [1.165, 1.54) is 6.20 Å². The molecule has 10 nitrogen and oxygen atoms in total. The number of hydrogen-bond acceptors (Lipinski definition) is 6. The summed E-state index contributed by atoms with van der Waals surface area (Å²) in [6.45, 7) is 8.70. The third-order valence-corrected chi connectivity index (χ3v) is 7.90. The monoisotopic (exact) mass is 523 g/mol. The number of rotatable bonds is 4. The number of imide groups is 1. The number of urea groups is 1. The molecule has 0 N–H and O–H groups in total. The molecule has 5 heterocycles. The maximum atomic E-state index is 14.0. The van der Waals surface area contributed by atoms with Gasteiger partial charge in [0.25, 0.3) is 11.8 Å². The van der Waals surface area contributed by atoms with Crippen molar-refractivity contribution < 1.29 is 14.4 Å². The Morgan fingerprint density at radius 1 is 1.15 bits per heavy atom. The summed E-state index contributed by atoms with van der Waals surface area (Å²) in [6.07, 6.45) is 1.94. The van der Waals surface area contributed by atoms with Gasteiger partial charge in [-0.25, -0.2) is 14.7 Å². The van der Waals surface area contributed by atoms with Crippen LogP contribution in [0.2, 0.25) is 0 Å². The van der Waals surface area contributed by atoms with Crippen LogP contribution in [-0.2, 0) is 16.8 Å².